The first-order valence-electron chi connectivity index (χ1n) is 9.55. The van der Waals surface area contributed by atoms with Gasteiger partial charge in [0.05, 0.1) is 19.1 Å². The van der Waals surface area contributed by atoms with E-state index in [1.165, 1.54) is 57.5 Å². The van der Waals surface area contributed by atoms with Gasteiger partial charge in [-0.15, -0.1) is 0 Å². The summed E-state index contributed by atoms with van der Waals surface area (Å²) < 4.78 is 45.4. The van der Waals surface area contributed by atoms with Gasteiger partial charge in [-0.05, 0) is 31.2 Å². The number of sulfonamides is 1. The predicted octanol–water partition coefficient (Wildman–Crippen LogP) is 2.42. The van der Waals surface area contributed by atoms with Gasteiger partial charge in [-0.1, -0.05) is 29.8 Å². The average molecular weight is 486 g/mol. The van der Waals surface area contributed by atoms with E-state index in [4.69, 9.17) is 16.3 Å². The number of carbonyl (C=O) groups is 2. The molecule has 2 aromatic carbocycles. The molecule has 0 heterocycles. The van der Waals surface area contributed by atoms with E-state index >= 15 is 0 Å². The van der Waals surface area contributed by atoms with E-state index in [1.54, 1.807) is 6.07 Å². The van der Waals surface area contributed by atoms with Gasteiger partial charge in [-0.25, -0.2) is 12.8 Å². The van der Waals surface area contributed by atoms with Crippen LogP contribution in [0.2, 0.25) is 5.02 Å². The molecule has 0 saturated heterocycles. The normalized spacial score (nSPS) is 12.1. The van der Waals surface area contributed by atoms with E-state index in [9.17, 15) is 22.4 Å². The smallest absolute Gasteiger partial charge is 0.244 e. The molecule has 32 heavy (non-hydrogen) atoms. The number of ether oxygens (including phenoxy) is 1. The predicted molar refractivity (Wildman–Crippen MR) is 121 cm³/mol. The molecular weight excluding hydrogens is 461 g/mol. The molecule has 0 fully saturated rings. The fourth-order valence-electron chi connectivity index (χ4n) is 3.05. The van der Waals surface area contributed by atoms with Crippen LogP contribution < -0.4 is 14.4 Å². The van der Waals surface area contributed by atoms with E-state index in [0.29, 0.717) is 0 Å². The summed E-state index contributed by atoms with van der Waals surface area (Å²) in [6, 6.07) is 9.19. The number of anilines is 1. The van der Waals surface area contributed by atoms with E-state index in [-0.39, 0.29) is 28.6 Å². The number of amides is 2. The van der Waals surface area contributed by atoms with E-state index in [0.717, 1.165) is 15.5 Å². The highest BCUT2D eigenvalue weighted by molar-refractivity contribution is 7.92. The maximum atomic E-state index is 14.2. The quantitative estimate of drug-likeness (QED) is 0.588. The van der Waals surface area contributed by atoms with Crippen LogP contribution in [-0.4, -0.2) is 58.1 Å². The lowest BCUT2D eigenvalue weighted by Crippen LogP contribution is -2.50. The number of likely N-dealkylation sites (N-methyl/N-ethyl adjacent to an activating group) is 1. The minimum absolute atomic E-state index is 0.0642. The van der Waals surface area contributed by atoms with Gasteiger partial charge in [0.25, 0.3) is 0 Å². The third kappa shape index (κ3) is 6.10. The molecule has 2 amide bonds. The molecule has 0 radical (unpaired) electrons. The standard InChI is InChI=1S/C21H25ClFN3O5S/c1-14(21(28)24-2)25(12-15-7-5-6-8-17(15)23)20(27)13-26(32(4,29)30)18-11-16(22)9-10-19(18)31-3/h5-11,14H,12-13H2,1-4H3,(H,24,28)/t14-/m0/s1. The van der Waals surface area contributed by atoms with Gasteiger partial charge in [-0.2, -0.15) is 0 Å². The third-order valence-electron chi connectivity index (χ3n) is 4.80. The molecule has 0 unspecified atom stereocenters. The molecule has 1 atom stereocenters. The lowest BCUT2D eigenvalue weighted by atomic mass is 10.1. The second-order valence-corrected chi connectivity index (χ2v) is 9.33. The molecule has 11 heteroatoms. The highest BCUT2D eigenvalue weighted by Gasteiger charge is 2.31. The summed E-state index contributed by atoms with van der Waals surface area (Å²) in [7, 11) is -1.19. The first-order valence-corrected chi connectivity index (χ1v) is 11.8. The first kappa shape index (κ1) is 25.4. The Balaban J connectivity index is 2.47. The molecule has 0 spiro atoms. The maximum Gasteiger partial charge on any atom is 0.244 e. The van der Waals surface area contributed by atoms with Gasteiger partial charge in [0.2, 0.25) is 21.8 Å². The first-order chi connectivity index (χ1) is 15.0. The largest absolute Gasteiger partial charge is 0.495 e. The van der Waals surface area contributed by atoms with Crippen molar-refractivity contribution in [2.45, 2.75) is 19.5 Å². The summed E-state index contributed by atoms with van der Waals surface area (Å²) in [5.74, 6) is -1.56. The highest BCUT2D eigenvalue weighted by Crippen LogP contribution is 2.33. The van der Waals surface area contributed by atoms with Gasteiger partial charge in [0, 0.05) is 24.2 Å². The van der Waals surface area contributed by atoms with Crippen molar-refractivity contribution in [2.75, 3.05) is 31.3 Å². The fraction of sp³-hybridized carbons (Fsp3) is 0.333. The number of nitrogens with zero attached hydrogens (tertiary/aromatic N) is 2. The summed E-state index contributed by atoms with van der Waals surface area (Å²) in [5, 5.41) is 2.69. The van der Waals surface area contributed by atoms with Crippen molar-refractivity contribution in [2.24, 2.45) is 0 Å². The monoisotopic (exact) mass is 485 g/mol. The number of benzene rings is 2. The van der Waals surface area contributed by atoms with E-state index in [2.05, 4.69) is 5.32 Å². The zero-order chi connectivity index (χ0) is 24.1. The Morgan fingerprint density at radius 1 is 1.22 bits per heavy atom. The molecule has 2 aromatic rings. The topological polar surface area (TPSA) is 96.0 Å². The molecule has 174 valence electrons. The minimum Gasteiger partial charge on any atom is -0.495 e. The van der Waals surface area contributed by atoms with Crippen molar-refractivity contribution in [3.63, 3.8) is 0 Å². The summed E-state index contributed by atoms with van der Waals surface area (Å²) in [6.07, 6.45) is 0.935. The number of carbonyl (C=O) groups excluding carboxylic acids is 2. The number of methoxy groups -OCH3 is 1. The van der Waals surface area contributed by atoms with Crippen LogP contribution in [0.25, 0.3) is 0 Å². The van der Waals surface area contributed by atoms with Crippen molar-refractivity contribution >= 4 is 39.1 Å². The van der Waals surface area contributed by atoms with Crippen LogP contribution >= 0.6 is 11.6 Å². The minimum atomic E-state index is -3.96. The molecular formula is C21H25ClFN3O5S. The van der Waals surface area contributed by atoms with E-state index in [1.807, 2.05) is 0 Å². The Morgan fingerprint density at radius 2 is 1.88 bits per heavy atom. The van der Waals surface area contributed by atoms with Gasteiger partial charge < -0.3 is 15.0 Å². The summed E-state index contributed by atoms with van der Waals surface area (Å²) in [4.78, 5) is 26.7. The number of hydrogen-bond donors (Lipinski definition) is 1. The van der Waals surface area contributed by atoms with Crippen LogP contribution in [0.1, 0.15) is 12.5 Å². The summed E-state index contributed by atoms with van der Waals surface area (Å²) in [5.41, 5.74) is 0.247. The Morgan fingerprint density at radius 3 is 2.44 bits per heavy atom. The maximum absolute atomic E-state index is 14.2. The van der Waals surface area contributed by atoms with E-state index < -0.39 is 40.2 Å². The lowest BCUT2D eigenvalue weighted by Gasteiger charge is -2.31. The SMILES string of the molecule is CNC(=O)[C@H](C)N(Cc1ccccc1F)C(=O)CN(c1cc(Cl)ccc1OC)S(C)(=O)=O. The van der Waals surface area contributed by atoms with Crippen molar-refractivity contribution in [1.29, 1.82) is 0 Å². The molecule has 0 aromatic heterocycles. The molecule has 8 nitrogen and oxygen atoms in total. The van der Waals surface area contributed by atoms with Gasteiger partial charge >= 0.3 is 0 Å². The van der Waals surface area contributed by atoms with Crippen LogP contribution in [0.3, 0.4) is 0 Å². The van der Waals surface area contributed by atoms with Crippen molar-refractivity contribution in [3.8, 4) is 5.75 Å². The van der Waals surface area contributed by atoms with Crippen LogP contribution in [0, 0.1) is 5.82 Å². The van der Waals surface area contributed by atoms with Crippen LogP contribution in [0.15, 0.2) is 42.5 Å². The van der Waals surface area contributed by atoms with Crippen LogP contribution in [-0.2, 0) is 26.2 Å². The molecule has 1 N–H and O–H groups in total. The van der Waals surface area contributed by atoms with Gasteiger partial charge in [-0.3, -0.25) is 13.9 Å². The Hall–Kier alpha value is -2.85. The van der Waals surface area contributed by atoms with Crippen molar-refractivity contribution in [1.82, 2.24) is 10.2 Å². The molecule has 0 aliphatic heterocycles. The molecule has 0 aliphatic rings. The van der Waals surface area contributed by atoms with Crippen molar-refractivity contribution < 1.29 is 27.1 Å². The zero-order valence-electron chi connectivity index (χ0n) is 18.1. The number of halogens is 2. The molecule has 0 bridgehead atoms. The Labute approximate surface area is 192 Å². The second kappa shape index (κ2) is 10.6. The van der Waals surface area contributed by atoms with Gasteiger partial charge in [0.15, 0.2) is 0 Å². The lowest BCUT2D eigenvalue weighted by molar-refractivity contribution is -0.139. The zero-order valence-corrected chi connectivity index (χ0v) is 19.7. The highest BCUT2D eigenvalue weighted by atomic mass is 35.5. The van der Waals surface area contributed by atoms with Crippen LogP contribution in [0.4, 0.5) is 10.1 Å². The molecule has 0 aliphatic carbocycles. The Bertz CT molecular complexity index is 1100. The summed E-state index contributed by atoms with van der Waals surface area (Å²) in [6.45, 7) is 0.595. The summed E-state index contributed by atoms with van der Waals surface area (Å²) >= 11 is 6.04. The fourth-order valence-corrected chi connectivity index (χ4v) is 4.07. The third-order valence-corrected chi connectivity index (χ3v) is 6.16. The molecule has 2 rings (SSSR count). The number of hydrogen-bond acceptors (Lipinski definition) is 5. The number of rotatable bonds is 9. The van der Waals surface area contributed by atoms with Crippen LogP contribution in [0.5, 0.6) is 5.75 Å². The van der Waals surface area contributed by atoms with Crippen molar-refractivity contribution in [3.05, 3.63) is 58.9 Å². The Kier molecular flexibility index (Phi) is 8.45. The second-order valence-electron chi connectivity index (χ2n) is 6.99. The number of nitrogens with one attached hydrogen (secondary N) is 1. The molecule has 0 saturated carbocycles. The average Bonchev–Trinajstić information content (AvgIpc) is 2.74. The van der Waals surface area contributed by atoms with Gasteiger partial charge in [0.1, 0.15) is 24.2 Å².